The summed E-state index contributed by atoms with van der Waals surface area (Å²) in [4.78, 5) is 17.7. The minimum absolute atomic E-state index is 0.0185. The van der Waals surface area contributed by atoms with Crippen LogP contribution in [-0.4, -0.2) is 22.1 Å². The van der Waals surface area contributed by atoms with Crippen LogP contribution in [0.1, 0.15) is 48.7 Å². The van der Waals surface area contributed by atoms with Crippen LogP contribution >= 0.6 is 0 Å². The van der Waals surface area contributed by atoms with Crippen molar-refractivity contribution in [2.45, 2.75) is 52.6 Å². The van der Waals surface area contributed by atoms with Crippen molar-refractivity contribution in [3.63, 3.8) is 0 Å². The van der Waals surface area contributed by atoms with Gasteiger partial charge in [0, 0.05) is 6.54 Å². The van der Waals surface area contributed by atoms with Crippen LogP contribution in [0.15, 0.2) is 97.1 Å². The van der Waals surface area contributed by atoms with E-state index in [0.29, 0.717) is 25.5 Å². The van der Waals surface area contributed by atoms with E-state index in [2.05, 4.69) is 79.2 Å². The van der Waals surface area contributed by atoms with Crippen molar-refractivity contribution in [3.8, 4) is 16.9 Å². The molecule has 0 unspecified atom stereocenters. The molecule has 4 aromatic carbocycles. The number of benzene rings is 4. The summed E-state index contributed by atoms with van der Waals surface area (Å²) in [6, 6.07) is 33.0. The first-order valence-electron chi connectivity index (χ1n) is 14.1. The lowest BCUT2D eigenvalue weighted by Gasteiger charge is -2.15. The van der Waals surface area contributed by atoms with Crippen molar-refractivity contribution in [2.24, 2.45) is 0 Å². The number of nitrogens with one attached hydrogen (secondary N) is 1. The first kappa shape index (κ1) is 27.2. The molecule has 5 rings (SSSR count). The van der Waals surface area contributed by atoms with Crippen LogP contribution in [0.4, 0.5) is 0 Å². The van der Waals surface area contributed by atoms with Crippen molar-refractivity contribution in [2.75, 3.05) is 6.61 Å². The molecule has 0 aliphatic heterocycles. The number of aryl methyl sites for hydroxylation is 2. The Morgan fingerprint density at radius 1 is 0.900 bits per heavy atom. The lowest BCUT2D eigenvalue weighted by atomic mass is 10.0. The summed E-state index contributed by atoms with van der Waals surface area (Å²) in [6.45, 7) is 8.22. The Bertz CT molecular complexity index is 1570. The molecule has 0 spiro atoms. The van der Waals surface area contributed by atoms with Gasteiger partial charge in [-0.1, -0.05) is 92.7 Å². The van der Waals surface area contributed by atoms with Gasteiger partial charge >= 0.3 is 0 Å². The van der Waals surface area contributed by atoms with Gasteiger partial charge in [0.2, 0.25) is 5.91 Å². The van der Waals surface area contributed by atoms with Gasteiger partial charge in [-0.05, 0) is 65.3 Å². The summed E-state index contributed by atoms with van der Waals surface area (Å²) < 4.78 is 8.43. The smallest absolute Gasteiger partial charge is 0.224 e. The van der Waals surface area contributed by atoms with Crippen LogP contribution in [0.2, 0.25) is 0 Å². The van der Waals surface area contributed by atoms with Gasteiger partial charge in [-0.2, -0.15) is 0 Å². The number of aromatic nitrogens is 2. The number of hydrogen-bond donors (Lipinski definition) is 1. The fourth-order valence-electron chi connectivity index (χ4n) is 5.03. The summed E-state index contributed by atoms with van der Waals surface area (Å²) in [6.07, 6.45) is 1.17. The van der Waals surface area contributed by atoms with Crippen molar-refractivity contribution < 1.29 is 9.53 Å². The summed E-state index contributed by atoms with van der Waals surface area (Å²) in [5, 5.41) is 3.08. The van der Waals surface area contributed by atoms with E-state index >= 15 is 0 Å². The summed E-state index contributed by atoms with van der Waals surface area (Å²) in [5.41, 5.74) is 7.74. The molecule has 5 aromatic rings. The van der Waals surface area contributed by atoms with Crippen molar-refractivity contribution >= 4 is 16.9 Å². The molecule has 40 heavy (non-hydrogen) atoms. The van der Waals surface area contributed by atoms with Crippen LogP contribution in [0.5, 0.6) is 5.75 Å². The fourth-order valence-corrected chi connectivity index (χ4v) is 5.03. The third kappa shape index (κ3) is 6.60. The van der Waals surface area contributed by atoms with E-state index in [4.69, 9.17) is 9.72 Å². The van der Waals surface area contributed by atoms with Crippen molar-refractivity contribution in [1.82, 2.24) is 14.9 Å². The maximum atomic E-state index is 12.8. The largest absolute Gasteiger partial charge is 0.493 e. The number of carbonyl (C=O) groups excluding carboxylic acids is 1. The standard InChI is InChI=1S/C35H37N3O2/c1-25(2)30-19-14-26(3)22-33(30)40-21-9-20-38-32-13-8-7-12-31(32)37-34(38)24-36-35(39)23-27-15-17-29(18-16-27)28-10-5-4-6-11-28/h4-8,10-19,22,25H,9,20-21,23-24H2,1-3H3,(H,36,39). The summed E-state index contributed by atoms with van der Waals surface area (Å²) >= 11 is 0. The molecule has 5 heteroatoms. The molecule has 204 valence electrons. The maximum Gasteiger partial charge on any atom is 0.224 e. The highest BCUT2D eigenvalue weighted by atomic mass is 16.5. The molecule has 1 aromatic heterocycles. The molecule has 1 N–H and O–H groups in total. The first-order valence-corrected chi connectivity index (χ1v) is 14.1. The topological polar surface area (TPSA) is 56.1 Å². The second kappa shape index (κ2) is 12.6. The molecule has 0 saturated heterocycles. The summed E-state index contributed by atoms with van der Waals surface area (Å²) in [5.74, 6) is 2.21. The molecule has 0 aliphatic rings. The van der Waals surface area contributed by atoms with Crippen LogP contribution in [0, 0.1) is 6.92 Å². The van der Waals surface area contributed by atoms with Gasteiger partial charge in [0.15, 0.2) is 0 Å². The lowest BCUT2D eigenvalue weighted by molar-refractivity contribution is -0.120. The normalized spacial score (nSPS) is 11.2. The van der Waals surface area contributed by atoms with Gasteiger partial charge in [-0.3, -0.25) is 4.79 Å². The lowest BCUT2D eigenvalue weighted by Crippen LogP contribution is -2.26. The Labute approximate surface area is 236 Å². The van der Waals surface area contributed by atoms with E-state index < -0.39 is 0 Å². The molecule has 0 radical (unpaired) electrons. The number of para-hydroxylation sites is 2. The van der Waals surface area contributed by atoms with E-state index in [-0.39, 0.29) is 5.91 Å². The number of ether oxygens (including phenoxy) is 1. The number of rotatable bonds is 11. The van der Waals surface area contributed by atoms with E-state index in [1.807, 2.05) is 48.5 Å². The molecule has 0 bridgehead atoms. The highest BCUT2D eigenvalue weighted by Crippen LogP contribution is 2.28. The summed E-state index contributed by atoms with van der Waals surface area (Å²) in [7, 11) is 0. The average Bonchev–Trinajstić information content (AvgIpc) is 3.32. The SMILES string of the molecule is Cc1ccc(C(C)C)c(OCCCn2c(CNC(=O)Cc3ccc(-c4ccccc4)cc3)nc3ccccc32)c1. The van der Waals surface area contributed by atoms with E-state index in [0.717, 1.165) is 46.7 Å². The molecule has 0 fully saturated rings. The Kier molecular flexibility index (Phi) is 8.60. The number of amides is 1. The highest BCUT2D eigenvalue weighted by Gasteiger charge is 2.13. The highest BCUT2D eigenvalue weighted by molar-refractivity contribution is 5.79. The van der Waals surface area contributed by atoms with Crippen LogP contribution in [0.25, 0.3) is 22.2 Å². The number of imidazole rings is 1. The Hall–Kier alpha value is -4.38. The van der Waals surface area contributed by atoms with Gasteiger partial charge < -0.3 is 14.6 Å². The zero-order chi connectivity index (χ0) is 27.9. The van der Waals surface area contributed by atoms with Gasteiger partial charge in [0.1, 0.15) is 11.6 Å². The number of hydrogen-bond acceptors (Lipinski definition) is 3. The molecule has 5 nitrogen and oxygen atoms in total. The third-order valence-electron chi connectivity index (χ3n) is 7.18. The molecule has 0 atom stereocenters. The van der Waals surface area contributed by atoms with Gasteiger partial charge in [-0.15, -0.1) is 0 Å². The Morgan fingerprint density at radius 3 is 2.40 bits per heavy atom. The Morgan fingerprint density at radius 2 is 1.62 bits per heavy atom. The molecule has 1 amide bonds. The maximum absolute atomic E-state index is 12.8. The molecule has 0 saturated carbocycles. The molecule has 1 heterocycles. The van der Waals surface area contributed by atoms with Gasteiger partial charge in [0.05, 0.1) is 30.6 Å². The van der Waals surface area contributed by atoms with Crippen molar-refractivity contribution in [3.05, 3.63) is 120 Å². The zero-order valence-electron chi connectivity index (χ0n) is 23.6. The molecular formula is C35H37N3O2. The third-order valence-corrected chi connectivity index (χ3v) is 7.18. The predicted octanol–water partition coefficient (Wildman–Crippen LogP) is 7.46. The van der Waals surface area contributed by atoms with E-state index in [1.54, 1.807) is 0 Å². The first-order chi connectivity index (χ1) is 19.5. The van der Waals surface area contributed by atoms with Crippen molar-refractivity contribution in [1.29, 1.82) is 0 Å². The molecule has 0 aliphatic carbocycles. The Balaban J connectivity index is 1.20. The van der Waals surface area contributed by atoms with Gasteiger partial charge in [0.25, 0.3) is 0 Å². The quantitative estimate of drug-likeness (QED) is 0.180. The average molecular weight is 532 g/mol. The second-order valence-electron chi connectivity index (χ2n) is 10.6. The number of fused-ring (bicyclic) bond motifs is 1. The number of carbonyl (C=O) groups is 1. The monoisotopic (exact) mass is 531 g/mol. The predicted molar refractivity (Wildman–Crippen MR) is 163 cm³/mol. The fraction of sp³-hybridized carbons (Fsp3) is 0.257. The van der Waals surface area contributed by atoms with Crippen LogP contribution in [-0.2, 0) is 24.3 Å². The van der Waals surface area contributed by atoms with Gasteiger partial charge in [-0.25, -0.2) is 4.98 Å². The second-order valence-corrected chi connectivity index (χ2v) is 10.6. The van der Waals surface area contributed by atoms with Crippen LogP contribution in [0.3, 0.4) is 0 Å². The van der Waals surface area contributed by atoms with E-state index in [1.165, 1.54) is 16.7 Å². The van der Waals surface area contributed by atoms with Crippen LogP contribution < -0.4 is 10.1 Å². The number of nitrogens with zero attached hydrogens (tertiary/aromatic N) is 2. The minimum Gasteiger partial charge on any atom is -0.493 e. The minimum atomic E-state index is -0.0185. The molecular weight excluding hydrogens is 494 g/mol. The van der Waals surface area contributed by atoms with E-state index in [9.17, 15) is 4.79 Å². The zero-order valence-corrected chi connectivity index (χ0v) is 23.6.